The van der Waals surface area contributed by atoms with E-state index in [4.69, 9.17) is 11.5 Å². The lowest BCUT2D eigenvalue weighted by Crippen LogP contribution is -2.39. The van der Waals surface area contributed by atoms with Crippen molar-refractivity contribution >= 4 is 5.91 Å². The quantitative estimate of drug-likeness (QED) is 0.528. The highest BCUT2D eigenvalue weighted by molar-refractivity contribution is 5.96. The van der Waals surface area contributed by atoms with Crippen molar-refractivity contribution in [2.75, 3.05) is 0 Å². The summed E-state index contributed by atoms with van der Waals surface area (Å²) >= 11 is 0. The molecule has 1 aliphatic carbocycles. The Morgan fingerprint density at radius 3 is 1.78 bits per heavy atom. The van der Waals surface area contributed by atoms with E-state index in [1.54, 1.807) is 0 Å². The van der Waals surface area contributed by atoms with E-state index < -0.39 is 0 Å². The van der Waals surface area contributed by atoms with E-state index in [2.05, 4.69) is 19.2 Å². The number of amides is 1. The van der Waals surface area contributed by atoms with Gasteiger partial charge in [-0.05, 0) is 43.4 Å². The Morgan fingerprint density at radius 2 is 1.43 bits per heavy atom. The molecule has 1 saturated carbocycles. The topological polar surface area (TPSA) is 81.1 Å². The Bertz CT molecular complexity index is 324. The molecule has 0 unspecified atom stereocenters. The summed E-state index contributed by atoms with van der Waals surface area (Å²) < 4.78 is 0. The van der Waals surface area contributed by atoms with Gasteiger partial charge in [0.05, 0.1) is 5.57 Å². The van der Waals surface area contributed by atoms with E-state index in [1.165, 1.54) is 18.5 Å². The maximum atomic E-state index is 11.8. The molecular weight excluding hydrogens is 286 g/mol. The number of hydrogen-bond acceptors (Lipinski definition) is 3. The van der Waals surface area contributed by atoms with Crippen LogP contribution in [0.1, 0.15) is 81.1 Å². The molecule has 1 amide bonds. The monoisotopic (exact) mass is 327 g/mol. The zero-order valence-corrected chi connectivity index (χ0v) is 16.7. The smallest absolute Gasteiger partial charge is 0.253 e. The van der Waals surface area contributed by atoms with Gasteiger partial charge in [-0.1, -0.05) is 55.4 Å². The van der Waals surface area contributed by atoms with E-state index in [0.717, 1.165) is 25.7 Å². The Hall–Kier alpha value is -1.45. The van der Waals surface area contributed by atoms with Crippen LogP contribution in [0.3, 0.4) is 0 Å². The lowest BCUT2D eigenvalue weighted by Gasteiger charge is -2.34. The van der Waals surface area contributed by atoms with Crippen LogP contribution in [0.5, 0.6) is 0 Å². The Kier molecular flexibility index (Phi) is 19.4. The molecule has 0 aromatic heterocycles. The highest BCUT2D eigenvalue weighted by atomic mass is 16.1. The number of nitrogens with one attached hydrogen (secondary N) is 1. The number of carbonyl (C=O) groups excluding carboxylic acids is 1. The first kappa shape index (κ1) is 26.4. The molecule has 4 heteroatoms. The SMILES string of the molecule is CC.CC.CC.CC1(C)CCC(NC(=O)C(/C=C\N)=C/N)CC1. The van der Waals surface area contributed by atoms with Crippen LogP contribution in [0.15, 0.2) is 24.0 Å². The van der Waals surface area contributed by atoms with Gasteiger partial charge in [-0.15, -0.1) is 0 Å². The predicted molar refractivity (Wildman–Crippen MR) is 104 cm³/mol. The largest absolute Gasteiger partial charge is 0.405 e. The summed E-state index contributed by atoms with van der Waals surface area (Å²) in [6.45, 7) is 16.5. The zero-order chi connectivity index (χ0) is 18.9. The molecule has 0 aliphatic heterocycles. The molecule has 0 aromatic rings. The van der Waals surface area contributed by atoms with Crippen LogP contribution >= 0.6 is 0 Å². The molecule has 0 spiro atoms. The second-order valence-electron chi connectivity index (χ2n) is 5.39. The van der Waals surface area contributed by atoms with E-state index >= 15 is 0 Å². The van der Waals surface area contributed by atoms with Gasteiger partial charge in [0.15, 0.2) is 0 Å². The van der Waals surface area contributed by atoms with Gasteiger partial charge in [-0.3, -0.25) is 4.79 Å². The maximum absolute atomic E-state index is 11.8. The molecule has 0 aromatic carbocycles. The Morgan fingerprint density at radius 1 is 1.00 bits per heavy atom. The fourth-order valence-corrected chi connectivity index (χ4v) is 2.12. The van der Waals surface area contributed by atoms with Gasteiger partial charge in [0.25, 0.3) is 5.91 Å². The highest BCUT2D eigenvalue weighted by Gasteiger charge is 2.27. The summed E-state index contributed by atoms with van der Waals surface area (Å²) in [6, 6.07) is 0.261. The van der Waals surface area contributed by atoms with Gasteiger partial charge in [0.1, 0.15) is 0 Å². The minimum absolute atomic E-state index is 0.140. The standard InChI is InChI=1S/C13H23N3O.3C2H6/c1-13(2)6-3-11(4-7-13)16-12(17)10(9-15)5-8-14;3*1-2/h5,8-9,11H,3-4,6-7,14-15H2,1-2H3,(H,16,17);3*1-2H3/b8-5-,10-9+;;;. The molecule has 0 atom stereocenters. The van der Waals surface area contributed by atoms with Crippen molar-refractivity contribution in [3.63, 3.8) is 0 Å². The molecule has 23 heavy (non-hydrogen) atoms. The number of carbonyl (C=O) groups is 1. The summed E-state index contributed by atoms with van der Waals surface area (Å²) in [5.41, 5.74) is 11.5. The second-order valence-corrected chi connectivity index (χ2v) is 5.39. The van der Waals surface area contributed by atoms with Crippen molar-refractivity contribution in [3.05, 3.63) is 24.0 Å². The van der Waals surface area contributed by atoms with E-state index in [1.807, 2.05) is 41.5 Å². The van der Waals surface area contributed by atoms with Crippen LogP contribution in [0.4, 0.5) is 0 Å². The molecule has 1 aliphatic rings. The van der Waals surface area contributed by atoms with E-state index in [-0.39, 0.29) is 11.9 Å². The van der Waals surface area contributed by atoms with Crippen molar-refractivity contribution < 1.29 is 4.79 Å². The van der Waals surface area contributed by atoms with E-state index in [0.29, 0.717) is 11.0 Å². The van der Waals surface area contributed by atoms with Crippen molar-refractivity contribution in [2.45, 2.75) is 87.1 Å². The predicted octanol–water partition coefficient (Wildman–Crippen LogP) is 4.47. The first-order valence-electron chi connectivity index (χ1n) is 9.09. The van der Waals surface area contributed by atoms with Gasteiger partial charge in [0.2, 0.25) is 0 Å². The second kappa shape index (κ2) is 16.9. The van der Waals surface area contributed by atoms with Crippen LogP contribution in [0.25, 0.3) is 0 Å². The van der Waals surface area contributed by atoms with Crippen molar-refractivity contribution in [3.8, 4) is 0 Å². The zero-order valence-electron chi connectivity index (χ0n) is 16.7. The molecule has 5 N–H and O–H groups in total. The van der Waals surface area contributed by atoms with Crippen LogP contribution in [-0.4, -0.2) is 11.9 Å². The Balaban J connectivity index is -0.000000595. The number of rotatable bonds is 3. The summed E-state index contributed by atoms with van der Waals surface area (Å²) in [4.78, 5) is 11.8. The van der Waals surface area contributed by atoms with Gasteiger partial charge in [-0.25, -0.2) is 0 Å². The van der Waals surface area contributed by atoms with Crippen LogP contribution in [0, 0.1) is 5.41 Å². The third kappa shape index (κ3) is 12.8. The average Bonchev–Trinajstić information content (AvgIpc) is 2.60. The lowest BCUT2D eigenvalue weighted by molar-refractivity contribution is -0.118. The minimum Gasteiger partial charge on any atom is -0.405 e. The molecule has 0 saturated heterocycles. The fraction of sp³-hybridized carbons (Fsp3) is 0.737. The first-order chi connectivity index (χ1) is 11.0. The molecule has 1 fully saturated rings. The van der Waals surface area contributed by atoms with Crippen LogP contribution in [0.2, 0.25) is 0 Å². The summed E-state index contributed by atoms with van der Waals surface area (Å²) in [7, 11) is 0. The first-order valence-corrected chi connectivity index (χ1v) is 9.09. The number of nitrogens with two attached hydrogens (primary N) is 2. The molecule has 0 bridgehead atoms. The van der Waals surface area contributed by atoms with Crippen LogP contribution in [-0.2, 0) is 4.79 Å². The Labute approximate surface area is 144 Å². The van der Waals surface area contributed by atoms with Gasteiger partial charge in [-0.2, -0.15) is 0 Å². The minimum atomic E-state index is -0.140. The molecule has 4 nitrogen and oxygen atoms in total. The molecule has 1 rings (SSSR count). The van der Waals surface area contributed by atoms with Crippen molar-refractivity contribution in [1.29, 1.82) is 0 Å². The summed E-state index contributed by atoms with van der Waals surface area (Å²) in [5.74, 6) is -0.140. The molecular formula is C19H41N3O. The van der Waals surface area contributed by atoms with Crippen LogP contribution < -0.4 is 16.8 Å². The summed E-state index contributed by atoms with van der Waals surface area (Å²) in [6.07, 6.45) is 8.47. The lowest BCUT2D eigenvalue weighted by atomic mass is 9.75. The van der Waals surface area contributed by atoms with Gasteiger partial charge < -0.3 is 16.8 Å². The number of hydrogen-bond donors (Lipinski definition) is 3. The third-order valence-corrected chi connectivity index (χ3v) is 3.39. The van der Waals surface area contributed by atoms with E-state index in [9.17, 15) is 4.79 Å². The fourth-order valence-electron chi connectivity index (χ4n) is 2.12. The average molecular weight is 328 g/mol. The molecule has 0 heterocycles. The maximum Gasteiger partial charge on any atom is 0.253 e. The summed E-state index contributed by atoms with van der Waals surface area (Å²) in [5, 5.41) is 3.00. The molecule has 0 radical (unpaired) electrons. The molecule has 138 valence electrons. The third-order valence-electron chi connectivity index (χ3n) is 3.39. The van der Waals surface area contributed by atoms with Gasteiger partial charge in [0, 0.05) is 12.2 Å². The van der Waals surface area contributed by atoms with Crippen molar-refractivity contribution in [2.24, 2.45) is 16.9 Å². The van der Waals surface area contributed by atoms with Gasteiger partial charge >= 0.3 is 0 Å². The highest BCUT2D eigenvalue weighted by Crippen LogP contribution is 2.34. The normalized spacial score (nSPS) is 16.8. The van der Waals surface area contributed by atoms with Crippen molar-refractivity contribution in [1.82, 2.24) is 5.32 Å².